The zero-order chi connectivity index (χ0) is 15.4. The number of thiophene rings is 1. The number of hydrogen-bond acceptors (Lipinski definition) is 3. The predicted octanol–water partition coefficient (Wildman–Crippen LogP) is 4.45. The van der Waals surface area contributed by atoms with Crippen LogP contribution in [0.1, 0.15) is 29.8 Å². The van der Waals surface area contributed by atoms with E-state index in [0.29, 0.717) is 12.1 Å². The van der Waals surface area contributed by atoms with E-state index in [1.807, 2.05) is 31.3 Å². The molecule has 21 heavy (non-hydrogen) atoms. The number of benzene rings is 1. The molecule has 0 radical (unpaired) electrons. The van der Waals surface area contributed by atoms with Gasteiger partial charge in [-0.15, -0.1) is 11.3 Å². The maximum absolute atomic E-state index is 13.8. The second-order valence-electron chi connectivity index (χ2n) is 5.17. The molecule has 2 N–H and O–H groups in total. The van der Waals surface area contributed by atoms with Crippen LogP contribution in [-0.2, 0) is 6.54 Å². The molecule has 2 aromatic rings. The lowest BCUT2D eigenvalue weighted by molar-refractivity contribution is 0.202. The first kappa shape index (κ1) is 16.4. The minimum Gasteiger partial charge on any atom is -0.326 e. The first-order valence-electron chi connectivity index (χ1n) is 6.97. The Morgan fingerprint density at radius 1 is 1.29 bits per heavy atom. The summed E-state index contributed by atoms with van der Waals surface area (Å²) in [5, 5.41) is 0. The van der Waals surface area contributed by atoms with Crippen molar-refractivity contribution >= 4 is 22.9 Å². The molecule has 5 heteroatoms. The molecule has 1 heterocycles. The Labute approximate surface area is 134 Å². The van der Waals surface area contributed by atoms with Crippen LogP contribution >= 0.6 is 22.9 Å². The summed E-state index contributed by atoms with van der Waals surface area (Å²) in [5.74, 6) is -0.183. The lowest BCUT2D eigenvalue weighted by Gasteiger charge is -2.31. The van der Waals surface area contributed by atoms with E-state index in [2.05, 4.69) is 11.8 Å². The van der Waals surface area contributed by atoms with Crippen molar-refractivity contribution in [2.24, 2.45) is 5.73 Å². The summed E-state index contributed by atoms with van der Waals surface area (Å²) < 4.78 is 14.6. The minimum absolute atomic E-state index is 0.0171. The molecule has 0 bridgehead atoms. The van der Waals surface area contributed by atoms with Gasteiger partial charge in [0, 0.05) is 23.0 Å². The summed E-state index contributed by atoms with van der Waals surface area (Å²) >= 11 is 7.57. The maximum atomic E-state index is 13.8. The van der Waals surface area contributed by atoms with E-state index in [1.165, 1.54) is 17.4 Å². The van der Waals surface area contributed by atoms with Crippen molar-refractivity contribution in [3.63, 3.8) is 0 Å². The third kappa shape index (κ3) is 4.04. The van der Waals surface area contributed by atoms with Gasteiger partial charge in [0.2, 0.25) is 0 Å². The van der Waals surface area contributed by atoms with E-state index in [1.54, 1.807) is 6.07 Å². The Morgan fingerprint density at radius 2 is 2.00 bits per heavy atom. The minimum atomic E-state index is -0.183. The zero-order valence-electron chi connectivity index (χ0n) is 12.2. The Kier molecular flexibility index (Phi) is 5.76. The fourth-order valence-electron chi connectivity index (χ4n) is 2.46. The molecule has 0 spiro atoms. The Morgan fingerprint density at radius 3 is 2.57 bits per heavy atom. The van der Waals surface area contributed by atoms with Gasteiger partial charge < -0.3 is 5.73 Å². The van der Waals surface area contributed by atoms with Crippen LogP contribution in [0.3, 0.4) is 0 Å². The fraction of sp³-hybridized carbons (Fsp3) is 0.375. The molecular formula is C16H20ClFN2S. The molecule has 1 aromatic carbocycles. The fourth-order valence-corrected chi connectivity index (χ4v) is 3.76. The van der Waals surface area contributed by atoms with Gasteiger partial charge in [0.1, 0.15) is 5.82 Å². The Bertz CT molecular complexity index is 587. The van der Waals surface area contributed by atoms with Crippen LogP contribution in [0, 0.1) is 5.82 Å². The smallest absolute Gasteiger partial charge is 0.127 e. The summed E-state index contributed by atoms with van der Waals surface area (Å²) in [5.41, 5.74) is 6.96. The molecule has 0 amide bonds. The third-order valence-electron chi connectivity index (χ3n) is 3.61. The molecule has 2 nitrogen and oxygen atoms in total. The van der Waals surface area contributed by atoms with E-state index in [-0.39, 0.29) is 17.9 Å². The monoisotopic (exact) mass is 326 g/mol. The van der Waals surface area contributed by atoms with Gasteiger partial charge >= 0.3 is 0 Å². The quantitative estimate of drug-likeness (QED) is 0.849. The summed E-state index contributed by atoms with van der Waals surface area (Å²) in [6.45, 7) is 2.57. The average molecular weight is 327 g/mol. The Hall–Kier alpha value is -0.940. The van der Waals surface area contributed by atoms with Gasteiger partial charge in [-0.3, -0.25) is 4.90 Å². The van der Waals surface area contributed by atoms with Crippen molar-refractivity contribution in [3.05, 3.63) is 57.0 Å². The number of nitrogens with zero attached hydrogens (tertiary/aromatic N) is 1. The number of likely N-dealkylation sites (N-methyl/N-ethyl adjacent to an activating group) is 1. The van der Waals surface area contributed by atoms with Gasteiger partial charge in [0.25, 0.3) is 0 Å². The molecule has 0 saturated carbocycles. The highest BCUT2D eigenvalue weighted by Gasteiger charge is 2.25. The molecule has 0 saturated heterocycles. The lowest BCUT2D eigenvalue weighted by Crippen LogP contribution is -2.38. The largest absolute Gasteiger partial charge is 0.326 e. The topological polar surface area (TPSA) is 29.3 Å². The van der Waals surface area contributed by atoms with Gasteiger partial charge in [0.05, 0.1) is 10.4 Å². The van der Waals surface area contributed by atoms with Crippen molar-refractivity contribution in [2.75, 3.05) is 7.05 Å². The maximum Gasteiger partial charge on any atom is 0.127 e. The van der Waals surface area contributed by atoms with Crippen LogP contribution in [0.4, 0.5) is 4.39 Å². The molecule has 2 unspecified atom stereocenters. The summed E-state index contributed by atoms with van der Waals surface area (Å²) in [6, 6.07) is 10.8. The number of nitrogens with two attached hydrogens (primary N) is 1. The molecule has 0 aliphatic heterocycles. The van der Waals surface area contributed by atoms with E-state index in [9.17, 15) is 4.39 Å². The second kappa shape index (κ2) is 7.36. The number of halogens is 2. The predicted molar refractivity (Wildman–Crippen MR) is 88.2 cm³/mol. The molecule has 2 atom stereocenters. The van der Waals surface area contributed by atoms with Crippen molar-refractivity contribution in [1.82, 2.24) is 4.90 Å². The van der Waals surface area contributed by atoms with Crippen LogP contribution in [-0.4, -0.2) is 18.0 Å². The first-order chi connectivity index (χ1) is 10.0. The second-order valence-corrected chi connectivity index (χ2v) is 6.91. The highest BCUT2D eigenvalue weighted by molar-refractivity contribution is 7.16. The van der Waals surface area contributed by atoms with Crippen LogP contribution in [0.25, 0.3) is 0 Å². The van der Waals surface area contributed by atoms with Crippen LogP contribution in [0.15, 0.2) is 36.4 Å². The highest BCUT2D eigenvalue weighted by atomic mass is 35.5. The van der Waals surface area contributed by atoms with Crippen molar-refractivity contribution in [2.45, 2.75) is 32.0 Å². The first-order valence-corrected chi connectivity index (χ1v) is 8.16. The van der Waals surface area contributed by atoms with Gasteiger partial charge in [-0.05, 0) is 31.7 Å². The van der Waals surface area contributed by atoms with E-state index in [0.717, 1.165) is 15.6 Å². The van der Waals surface area contributed by atoms with E-state index in [4.69, 9.17) is 17.3 Å². The molecule has 114 valence electrons. The summed E-state index contributed by atoms with van der Waals surface area (Å²) in [7, 11) is 1.97. The average Bonchev–Trinajstić information content (AvgIpc) is 2.87. The molecule has 2 rings (SSSR count). The number of hydrogen-bond donors (Lipinski definition) is 1. The third-order valence-corrected chi connectivity index (χ3v) is 4.92. The summed E-state index contributed by atoms with van der Waals surface area (Å²) in [4.78, 5) is 3.21. The SMILES string of the molecule is CCC(N)C(c1ccc(Cl)s1)N(C)Cc1ccccc1F. The molecule has 0 fully saturated rings. The zero-order valence-corrected chi connectivity index (χ0v) is 13.8. The molecule has 0 aliphatic carbocycles. The van der Waals surface area contributed by atoms with Crippen molar-refractivity contribution in [3.8, 4) is 0 Å². The lowest BCUT2D eigenvalue weighted by atomic mass is 10.0. The van der Waals surface area contributed by atoms with Crippen LogP contribution in [0.5, 0.6) is 0 Å². The molecule has 0 aliphatic rings. The highest BCUT2D eigenvalue weighted by Crippen LogP contribution is 2.33. The normalized spacial score (nSPS) is 14.4. The van der Waals surface area contributed by atoms with Crippen molar-refractivity contribution < 1.29 is 4.39 Å². The molecule has 1 aromatic heterocycles. The van der Waals surface area contributed by atoms with Gasteiger partial charge in [-0.25, -0.2) is 4.39 Å². The molecular weight excluding hydrogens is 307 g/mol. The van der Waals surface area contributed by atoms with Gasteiger partial charge in [0.15, 0.2) is 0 Å². The summed E-state index contributed by atoms with van der Waals surface area (Å²) in [6.07, 6.45) is 0.849. The Balaban J connectivity index is 2.22. The standard InChI is InChI=1S/C16H20ClFN2S/c1-3-13(19)16(14-8-9-15(17)21-14)20(2)10-11-6-4-5-7-12(11)18/h4-9,13,16H,3,10,19H2,1-2H3. The van der Waals surface area contributed by atoms with Crippen molar-refractivity contribution in [1.29, 1.82) is 0 Å². The van der Waals surface area contributed by atoms with Crippen LogP contribution in [0.2, 0.25) is 4.34 Å². The van der Waals surface area contributed by atoms with Gasteiger partial charge in [-0.1, -0.05) is 36.7 Å². The van der Waals surface area contributed by atoms with Gasteiger partial charge in [-0.2, -0.15) is 0 Å². The van der Waals surface area contributed by atoms with E-state index >= 15 is 0 Å². The van der Waals surface area contributed by atoms with Crippen LogP contribution < -0.4 is 5.73 Å². The number of rotatable bonds is 6. The van der Waals surface area contributed by atoms with E-state index < -0.39 is 0 Å².